The summed E-state index contributed by atoms with van der Waals surface area (Å²) >= 11 is 0. The van der Waals surface area contributed by atoms with Crippen molar-refractivity contribution in [3.63, 3.8) is 0 Å². The van der Waals surface area contributed by atoms with Crippen LogP contribution in [0.4, 0.5) is 0 Å². The summed E-state index contributed by atoms with van der Waals surface area (Å²) in [6.45, 7) is 0. The highest BCUT2D eigenvalue weighted by atomic mass is 16.3. The summed E-state index contributed by atoms with van der Waals surface area (Å²) in [5, 5.41) is 7.16. The van der Waals surface area contributed by atoms with Gasteiger partial charge in [0.25, 0.3) is 0 Å². The van der Waals surface area contributed by atoms with Gasteiger partial charge in [0.05, 0.1) is 27.8 Å². The van der Waals surface area contributed by atoms with Crippen LogP contribution in [0.25, 0.3) is 99.2 Å². The first kappa shape index (κ1) is 28.0. The summed E-state index contributed by atoms with van der Waals surface area (Å²) < 4.78 is 11.4. The molecule has 11 rings (SSSR count). The Hall–Kier alpha value is -6.84. The van der Waals surface area contributed by atoms with Crippen molar-refractivity contribution in [2.75, 3.05) is 0 Å². The Balaban J connectivity index is 1.28. The Morgan fingerprint density at radius 3 is 1.80 bits per heavy atom. The smallest absolute Gasteiger partial charge is 0.159 e. The maximum absolute atomic E-state index is 6.62. The van der Waals surface area contributed by atoms with E-state index in [-0.39, 0.29) is 0 Å². The number of fused-ring (bicyclic) bond motifs is 9. The monoisotopic (exact) mass is 650 g/mol. The number of hydrogen-bond acceptors (Lipinski definition) is 1. The number of aromatic nitrogens is 2. The van der Waals surface area contributed by atoms with Crippen LogP contribution in [0.1, 0.15) is 0 Å². The Labute approximate surface area is 293 Å². The van der Waals surface area contributed by atoms with E-state index in [0.29, 0.717) is 0 Å². The van der Waals surface area contributed by atoms with Gasteiger partial charge in [-0.1, -0.05) is 127 Å². The Morgan fingerprint density at radius 2 is 0.980 bits per heavy atom. The lowest BCUT2D eigenvalue weighted by molar-refractivity contribution is 0.666. The summed E-state index contributed by atoms with van der Waals surface area (Å²) in [7, 11) is 0. The second-order valence-electron chi connectivity index (χ2n) is 13.3. The van der Waals surface area contributed by atoms with E-state index in [0.717, 1.165) is 44.3 Å². The standard InChI is InChI=1S/C48H30N2O/c1-3-15-31(16-4-1)38-30-45-40(33-19-7-10-24-41(33)50(45)44-27-14-23-36-34-20-9-12-28-46(34)51-48(36)44)29-39(38)35-22-13-26-43-47(35)37-21-8-11-25-42(37)49(43)32-17-5-2-6-18-32/h1-30H. The zero-order valence-electron chi connectivity index (χ0n) is 27.6. The van der Waals surface area contributed by atoms with Gasteiger partial charge in [-0.15, -0.1) is 0 Å². The van der Waals surface area contributed by atoms with Gasteiger partial charge >= 0.3 is 0 Å². The van der Waals surface area contributed by atoms with Crippen molar-refractivity contribution in [3.05, 3.63) is 182 Å². The minimum absolute atomic E-state index is 0.894. The minimum Gasteiger partial charge on any atom is -0.454 e. The fourth-order valence-corrected chi connectivity index (χ4v) is 8.36. The maximum Gasteiger partial charge on any atom is 0.159 e. The molecule has 8 aromatic carbocycles. The molecule has 0 saturated heterocycles. The van der Waals surface area contributed by atoms with Crippen LogP contribution in [0.15, 0.2) is 186 Å². The summed E-state index contributed by atoms with van der Waals surface area (Å²) in [4.78, 5) is 0. The highest BCUT2D eigenvalue weighted by Gasteiger charge is 2.22. The zero-order chi connectivity index (χ0) is 33.5. The van der Waals surface area contributed by atoms with Gasteiger partial charge in [0, 0.05) is 38.0 Å². The van der Waals surface area contributed by atoms with E-state index in [1.807, 2.05) is 6.07 Å². The Morgan fingerprint density at radius 1 is 0.353 bits per heavy atom. The summed E-state index contributed by atoms with van der Waals surface area (Å²) in [6, 6.07) is 65.5. The normalized spacial score (nSPS) is 11.9. The maximum atomic E-state index is 6.62. The molecule has 0 saturated carbocycles. The second-order valence-corrected chi connectivity index (χ2v) is 13.3. The molecule has 0 spiro atoms. The molecule has 51 heavy (non-hydrogen) atoms. The van der Waals surface area contributed by atoms with Crippen molar-refractivity contribution in [1.29, 1.82) is 0 Å². The molecule has 0 fully saturated rings. The highest BCUT2D eigenvalue weighted by Crippen LogP contribution is 2.46. The van der Waals surface area contributed by atoms with E-state index < -0.39 is 0 Å². The van der Waals surface area contributed by atoms with Crippen LogP contribution < -0.4 is 0 Å². The lowest BCUT2D eigenvalue weighted by atomic mass is 9.90. The number of nitrogens with zero attached hydrogens (tertiary/aromatic N) is 2. The van der Waals surface area contributed by atoms with E-state index >= 15 is 0 Å². The number of rotatable bonds is 4. The SMILES string of the molecule is c1ccc(-c2cc3c(cc2-c2cccc4c2c2ccccc2n4-c2ccccc2)c2ccccc2n3-c2cccc3c2oc2ccccc23)cc1. The largest absolute Gasteiger partial charge is 0.454 e. The predicted octanol–water partition coefficient (Wildman–Crippen LogP) is 13.1. The van der Waals surface area contributed by atoms with Crippen LogP contribution in [0.2, 0.25) is 0 Å². The number of hydrogen-bond donors (Lipinski definition) is 0. The van der Waals surface area contributed by atoms with Crippen molar-refractivity contribution in [1.82, 2.24) is 9.13 Å². The van der Waals surface area contributed by atoms with E-state index in [9.17, 15) is 0 Å². The van der Waals surface area contributed by atoms with Gasteiger partial charge in [0.15, 0.2) is 5.58 Å². The molecular weight excluding hydrogens is 621 g/mol. The Kier molecular flexibility index (Phi) is 5.96. The minimum atomic E-state index is 0.894. The third kappa shape index (κ3) is 4.06. The predicted molar refractivity (Wildman–Crippen MR) is 213 cm³/mol. The van der Waals surface area contributed by atoms with E-state index in [2.05, 4.69) is 185 Å². The molecule has 0 bridgehead atoms. The number of furan rings is 1. The van der Waals surface area contributed by atoms with E-state index in [4.69, 9.17) is 4.42 Å². The molecule has 3 aromatic heterocycles. The molecule has 3 heteroatoms. The molecule has 0 atom stereocenters. The lowest BCUT2D eigenvalue weighted by Gasteiger charge is -2.15. The fourth-order valence-electron chi connectivity index (χ4n) is 8.36. The molecule has 3 heterocycles. The van der Waals surface area contributed by atoms with Gasteiger partial charge < -0.3 is 13.6 Å². The average molecular weight is 651 g/mol. The molecule has 0 aliphatic heterocycles. The third-order valence-corrected chi connectivity index (χ3v) is 10.5. The molecule has 0 amide bonds. The van der Waals surface area contributed by atoms with Gasteiger partial charge in [-0.25, -0.2) is 0 Å². The van der Waals surface area contributed by atoms with Gasteiger partial charge in [0.1, 0.15) is 5.58 Å². The molecule has 0 aliphatic carbocycles. The Bertz CT molecular complexity index is 3130. The molecule has 0 aliphatic rings. The number of para-hydroxylation sites is 5. The first-order chi connectivity index (χ1) is 25.3. The fraction of sp³-hybridized carbons (Fsp3) is 0. The van der Waals surface area contributed by atoms with Crippen molar-refractivity contribution in [3.8, 4) is 33.6 Å². The van der Waals surface area contributed by atoms with Gasteiger partial charge in [-0.05, 0) is 76.9 Å². The molecule has 0 radical (unpaired) electrons. The molecular formula is C48H30N2O. The van der Waals surface area contributed by atoms with Crippen LogP contribution in [0.5, 0.6) is 0 Å². The molecule has 11 aromatic rings. The zero-order valence-corrected chi connectivity index (χ0v) is 27.6. The van der Waals surface area contributed by atoms with Crippen molar-refractivity contribution >= 4 is 65.6 Å². The van der Waals surface area contributed by atoms with Crippen LogP contribution in [-0.2, 0) is 0 Å². The van der Waals surface area contributed by atoms with Gasteiger partial charge in [-0.2, -0.15) is 0 Å². The first-order valence-corrected chi connectivity index (χ1v) is 17.4. The average Bonchev–Trinajstić information content (AvgIpc) is 3.86. The van der Waals surface area contributed by atoms with Crippen LogP contribution >= 0.6 is 0 Å². The van der Waals surface area contributed by atoms with Crippen molar-refractivity contribution in [2.24, 2.45) is 0 Å². The lowest BCUT2D eigenvalue weighted by Crippen LogP contribution is -1.95. The quantitative estimate of drug-likeness (QED) is 0.186. The topological polar surface area (TPSA) is 23.0 Å². The first-order valence-electron chi connectivity index (χ1n) is 17.4. The third-order valence-electron chi connectivity index (χ3n) is 10.5. The summed E-state index contributed by atoms with van der Waals surface area (Å²) in [6.07, 6.45) is 0. The summed E-state index contributed by atoms with van der Waals surface area (Å²) in [5.41, 5.74) is 13.5. The highest BCUT2D eigenvalue weighted by molar-refractivity contribution is 6.19. The van der Waals surface area contributed by atoms with E-state index in [1.165, 1.54) is 54.8 Å². The van der Waals surface area contributed by atoms with Gasteiger partial charge in [0.2, 0.25) is 0 Å². The van der Waals surface area contributed by atoms with Crippen molar-refractivity contribution < 1.29 is 4.42 Å². The van der Waals surface area contributed by atoms with Gasteiger partial charge in [-0.3, -0.25) is 0 Å². The summed E-state index contributed by atoms with van der Waals surface area (Å²) in [5.74, 6) is 0. The second kappa shape index (κ2) is 10.8. The van der Waals surface area contributed by atoms with Crippen molar-refractivity contribution in [2.45, 2.75) is 0 Å². The van der Waals surface area contributed by atoms with E-state index in [1.54, 1.807) is 0 Å². The number of benzene rings is 8. The molecule has 238 valence electrons. The van der Waals surface area contributed by atoms with Crippen LogP contribution in [0.3, 0.4) is 0 Å². The molecule has 3 nitrogen and oxygen atoms in total. The van der Waals surface area contributed by atoms with Crippen LogP contribution in [0, 0.1) is 0 Å². The van der Waals surface area contributed by atoms with Crippen LogP contribution in [-0.4, -0.2) is 9.13 Å². The molecule has 0 unspecified atom stereocenters. The molecule has 0 N–H and O–H groups in total.